The molecule has 3 aromatic rings. The van der Waals surface area contributed by atoms with Crippen molar-refractivity contribution in [3.8, 4) is 5.69 Å². The zero-order valence-corrected chi connectivity index (χ0v) is 14.8. The van der Waals surface area contributed by atoms with Crippen LogP contribution in [0.2, 0.25) is 0 Å². The summed E-state index contributed by atoms with van der Waals surface area (Å²) in [5, 5.41) is 0. The van der Waals surface area contributed by atoms with Gasteiger partial charge in [-0.25, -0.2) is 4.98 Å². The molecule has 126 valence electrons. The van der Waals surface area contributed by atoms with Crippen LogP contribution in [0, 0.1) is 0 Å². The predicted molar refractivity (Wildman–Crippen MR) is 102 cm³/mol. The number of carbonyl (C=O) groups excluding carboxylic acids is 1. The molecule has 0 fully saturated rings. The number of carbonyl (C=O) groups is 1. The summed E-state index contributed by atoms with van der Waals surface area (Å²) in [5.41, 5.74) is 4.10. The van der Waals surface area contributed by atoms with Crippen molar-refractivity contribution in [1.29, 1.82) is 0 Å². The van der Waals surface area contributed by atoms with Gasteiger partial charge in [0.25, 0.3) is 0 Å². The summed E-state index contributed by atoms with van der Waals surface area (Å²) in [6, 6.07) is 15.8. The Hall–Kier alpha value is -2.94. The average Bonchev–Trinajstić information content (AvgIpc) is 3.14. The number of rotatable bonds is 4. The van der Waals surface area contributed by atoms with E-state index in [4.69, 9.17) is 0 Å². The predicted octanol–water partition coefficient (Wildman–Crippen LogP) is 5.07. The molecule has 3 nitrogen and oxygen atoms in total. The van der Waals surface area contributed by atoms with Gasteiger partial charge in [0, 0.05) is 23.6 Å². The highest BCUT2D eigenvalue weighted by molar-refractivity contribution is 6.06. The van der Waals surface area contributed by atoms with Crippen molar-refractivity contribution >= 4 is 11.9 Å². The van der Waals surface area contributed by atoms with Gasteiger partial charge < -0.3 is 4.57 Å². The largest absolute Gasteiger partial charge is 0.306 e. The van der Waals surface area contributed by atoms with E-state index in [0.717, 1.165) is 11.3 Å². The maximum atomic E-state index is 12.3. The molecule has 0 saturated heterocycles. The first-order valence-electron chi connectivity index (χ1n) is 8.35. The molecule has 0 unspecified atom stereocenters. The molecular formula is C22H22N2O. The van der Waals surface area contributed by atoms with E-state index in [1.54, 1.807) is 18.6 Å². The van der Waals surface area contributed by atoms with Gasteiger partial charge in [0.1, 0.15) is 0 Å². The molecule has 0 bridgehead atoms. The molecular weight excluding hydrogens is 308 g/mol. The second-order valence-corrected chi connectivity index (χ2v) is 7.09. The SMILES string of the molecule is CC(C)(C)c1ccc(/C=C/C(=O)c2ccc(-n3ccnc3)cc2)cc1. The van der Waals surface area contributed by atoms with Gasteiger partial charge in [-0.15, -0.1) is 0 Å². The first-order chi connectivity index (χ1) is 11.9. The molecule has 0 N–H and O–H groups in total. The van der Waals surface area contributed by atoms with Gasteiger partial charge in [-0.05, 0) is 46.9 Å². The lowest BCUT2D eigenvalue weighted by atomic mass is 9.87. The molecule has 3 heteroatoms. The Morgan fingerprint density at radius 1 is 1.00 bits per heavy atom. The van der Waals surface area contributed by atoms with Crippen LogP contribution in [0.5, 0.6) is 0 Å². The minimum atomic E-state index is -0.00270. The number of ketones is 1. The number of nitrogens with zero attached hydrogens (tertiary/aromatic N) is 2. The number of hydrogen-bond donors (Lipinski definition) is 0. The Labute approximate surface area is 148 Å². The van der Waals surface area contributed by atoms with Crippen molar-refractivity contribution in [2.75, 3.05) is 0 Å². The fourth-order valence-corrected chi connectivity index (χ4v) is 2.57. The fourth-order valence-electron chi connectivity index (χ4n) is 2.57. The van der Waals surface area contributed by atoms with E-state index in [2.05, 4.69) is 37.9 Å². The quantitative estimate of drug-likeness (QED) is 0.495. The van der Waals surface area contributed by atoms with Crippen LogP contribution in [0.15, 0.2) is 73.3 Å². The molecule has 3 rings (SSSR count). The summed E-state index contributed by atoms with van der Waals surface area (Å²) in [4.78, 5) is 16.4. The Bertz CT molecular complexity index is 865. The van der Waals surface area contributed by atoms with Crippen molar-refractivity contribution < 1.29 is 4.79 Å². The van der Waals surface area contributed by atoms with Gasteiger partial charge in [-0.1, -0.05) is 51.1 Å². The van der Waals surface area contributed by atoms with Crippen molar-refractivity contribution in [3.05, 3.63) is 90.0 Å². The maximum Gasteiger partial charge on any atom is 0.185 e. The highest BCUT2D eigenvalue weighted by atomic mass is 16.1. The molecule has 1 aromatic heterocycles. The van der Waals surface area contributed by atoms with Crippen LogP contribution in [-0.4, -0.2) is 15.3 Å². The first kappa shape index (κ1) is 16.9. The molecule has 25 heavy (non-hydrogen) atoms. The lowest BCUT2D eigenvalue weighted by molar-refractivity contribution is 0.104. The number of imidazole rings is 1. The van der Waals surface area contributed by atoms with Crippen LogP contribution in [0.4, 0.5) is 0 Å². The van der Waals surface area contributed by atoms with Crippen LogP contribution in [-0.2, 0) is 5.41 Å². The summed E-state index contributed by atoms with van der Waals surface area (Å²) < 4.78 is 1.90. The smallest absolute Gasteiger partial charge is 0.185 e. The van der Waals surface area contributed by atoms with Crippen LogP contribution < -0.4 is 0 Å². The van der Waals surface area contributed by atoms with Crippen molar-refractivity contribution in [3.63, 3.8) is 0 Å². The highest BCUT2D eigenvalue weighted by Gasteiger charge is 2.12. The van der Waals surface area contributed by atoms with Crippen LogP contribution in [0.3, 0.4) is 0 Å². The molecule has 0 aliphatic heterocycles. The molecule has 0 saturated carbocycles. The van der Waals surface area contributed by atoms with Crippen LogP contribution in [0.1, 0.15) is 42.3 Å². The average molecular weight is 330 g/mol. The molecule has 0 aliphatic carbocycles. The Morgan fingerprint density at radius 3 is 2.24 bits per heavy atom. The Kier molecular flexibility index (Phi) is 4.66. The van der Waals surface area contributed by atoms with Crippen molar-refractivity contribution in [1.82, 2.24) is 9.55 Å². The van der Waals surface area contributed by atoms with Crippen molar-refractivity contribution in [2.45, 2.75) is 26.2 Å². The topological polar surface area (TPSA) is 34.9 Å². The molecule has 0 aliphatic rings. The van der Waals surface area contributed by atoms with E-state index in [0.29, 0.717) is 5.56 Å². The van der Waals surface area contributed by atoms with Gasteiger partial charge in [0.05, 0.1) is 6.33 Å². The lowest BCUT2D eigenvalue weighted by Gasteiger charge is -2.18. The van der Waals surface area contributed by atoms with Gasteiger partial charge in [0.15, 0.2) is 5.78 Å². The standard InChI is InChI=1S/C22H22N2O/c1-22(2,3)19-9-4-17(5-10-19)6-13-21(25)18-7-11-20(12-8-18)24-15-14-23-16-24/h4-16H,1-3H3/b13-6+. The highest BCUT2D eigenvalue weighted by Crippen LogP contribution is 2.22. The molecule has 2 aromatic carbocycles. The number of allylic oxidation sites excluding steroid dienone is 1. The van der Waals surface area contributed by atoms with E-state index in [-0.39, 0.29) is 11.2 Å². The van der Waals surface area contributed by atoms with E-state index < -0.39 is 0 Å². The third kappa shape index (κ3) is 4.13. The van der Waals surface area contributed by atoms with E-state index >= 15 is 0 Å². The van der Waals surface area contributed by atoms with Gasteiger partial charge in [-0.2, -0.15) is 0 Å². The van der Waals surface area contributed by atoms with E-state index in [9.17, 15) is 4.79 Å². The second kappa shape index (κ2) is 6.89. The summed E-state index contributed by atoms with van der Waals surface area (Å²) in [5.74, 6) is -0.00270. The minimum absolute atomic E-state index is 0.00270. The molecule has 0 spiro atoms. The summed E-state index contributed by atoms with van der Waals surface area (Å²) in [6.07, 6.45) is 8.82. The van der Waals surface area contributed by atoms with Crippen LogP contribution >= 0.6 is 0 Å². The van der Waals surface area contributed by atoms with Gasteiger partial charge in [0.2, 0.25) is 0 Å². The molecule has 1 heterocycles. The van der Waals surface area contributed by atoms with Crippen LogP contribution in [0.25, 0.3) is 11.8 Å². The first-order valence-corrected chi connectivity index (χ1v) is 8.35. The zero-order valence-electron chi connectivity index (χ0n) is 14.8. The fraction of sp³-hybridized carbons (Fsp3) is 0.182. The summed E-state index contributed by atoms with van der Waals surface area (Å²) >= 11 is 0. The van der Waals surface area contributed by atoms with Gasteiger partial charge in [-0.3, -0.25) is 4.79 Å². The summed E-state index contributed by atoms with van der Waals surface area (Å²) in [7, 11) is 0. The Balaban J connectivity index is 1.70. The number of aromatic nitrogens is 2. The number of benzene rings is 2. The number of hydrogen-bond acceptors (Lipinski definition) is 2. The third-order valence-corrected chi connectivity index (χ3v) is 4.16. The Morgan fingerprint density at radius 2 is 1.68 bits per heavy atom. The normalized spacial score (nSPS) is 11.8. The lowest BCUT2D eigenvalue weighted by Crippen LogP contribution is -2.10. The molecule has 0 atom stereocenters. The zero-order chi connectivity index (χ0) is 17.9. The minimum Gasteiger partial charge on any atom is -0.306 e. The maximum absolute atomic E-state index is 12.3. The van der Waals surface area contributed by atoms with Crippen molar-refractivity contribution in [2.24, 2.45) is 0 Å². The molecule has 0 radical (unpaired) electrons. The van der Waals surface area contributed by atoms with E-state index in [1.165, 1.54) is 5.56 Å². The molecule has 0 amide bonds. The summed E-state index contributed by atoms with van der Waals surface area (Å²) in [6.45, 7) is 6.57. The second-order valence-electron chi connectivity index (χ2n) is 7.09. The van der Waals surface area contributed by atoms with Gasteiger partial charge >= 0.3 is 0 Å². The van der Waals surface area contributed by atoms with E-state index in [1.807, 2.05) is 53.2 Å². The third-order valence-electron chi connectivity index (χ3n) is 4.16. The monoisotopic (exact) mass is 330 g/mol.